The van der Waals surface area contributed by atoms with Gasteiger partial charge in [0.15, 0.2) is 0 Å². The van der Waals surface area contributed by atoms with Crippen molar-refractivity contribution < 1.29 is 0 Å². The van der Waals surface area contributed by atoms with E-state index >= 15 is 0 Å². The predicted octanol–water partition coefficient (Wildman–Crippen LogP) is 5.38. The molecule has 1 aliphatic heterocycles. The van der Waals surface area contributed by atoms with Gasteiger partial charge in [0.2, 0.25) is 0 Å². The van der Waals surface area contributed by atoms with Crippen molar-refractivity contribution in [3.8, 4) is 0 Å². The number of piperidine rings is 1. The van der Waals surface area contributed by atoms with Gasteiger partial charge in [-0.3, -0.25) is 4.79 Å². The highest BCUT2D eigenvalue weighted by atomic mass is 16.1. The van der Waals surface area contributed by atoms with Crippen LogP contribution in [0.5, 0.6) is 0 Å². The van der Waals surface area contributed by atoms with Gasteiger partial charge in [0.25, 0.3) is 5.56 Å². The Hall–Kier alpha value is -2.29. The molecule has 1 aromatic heterocycles. The lowest BCUT2D eigenvalue weighted by Gasteiger charge is -2.45. The first kappa shape index (κ1) is 18.5. The summed E-state index contributed by atoms with van der Waals surface area (Å²) in [6.45, 7) is 2.05. The van der Waals surface area contributed by atoms with Gasteiger partial charge in [-0.1, -0.05) is 30.3 Å². The first-order valence-electron chi connectivity index (χ1n) is 12.0. The maximum Gasteiger partial charge on any atom is 0.252 e. The third-order valence-corrected chi connectivity index (χ3v) is 8.19. The molecule has 4 aliphatic rings. The van der Waals surface area contributed by atoms with Crippen LogP contribution in [0.4, 0.5) is 5.82 Å². The van der Waals surface area contributed by atoms with E-state index in [1.807, 2.05) is 0 Å². The van der Waals surface area contributed by atoms with E-state index in [1.54, 1.807) is 11.1 Å². The number of benzene rings is 1. The third-order valence-electron chi connectivity index (χ3n) is 8.19. The number of nitrogens with zero attached hydrogens (tertiary/aromatic N) is 1. The molecular weight excluding hydrogens is 368 g/mol. The molecule has 1 saturated carbocycles. The highest BCUT2D eigenvalue weighted by Crippen LogP contribution is 2.49. The number of allylic oxidation sites excluding steroid dienone is 2. The molecule has 6 rings (SSSR count). The number of aryl methyl sites for hydroxylation is 1. The fraction of sp³-hybridized carbons (Fsp3) is 0.519. The topological polar surface area (TPSA) is 36.1 Å². The molecule has 3 nitrogen and oxygen atoms in total. The van der Waals surface area contributed by atoms with Gasteiger partial charge < -0.3 is 9.88 Å². The summed E-state index contributed by atoms with van der Waals surface area (Å²) in [5.41, 5.74) is 7.45. The minimum atomic E-state index is 0.151. The van der Waals surface area contributed by atoms with Gasteiger partial charge in [0, 0.05) is 24.1 Å². The van der Waals surface area contributed by atoms with Crippen molar-refractivity contribution in [2.24, 2.45) is 5.92 Å². The van der Waals surface area contributed by atoms with E-state index in [2.05, 4.69) is 46.3 Å². The van der Waals surface area contributed by atoms with E-state index in [4.69, 9.17) is 0 Å². The molecule has 1 saturated heterocycles. The second-order valence-corrected chi connectivity index (χ2v) is 10.1. The highest BCUT2D eigenvalue weighted by Gasteiger charge is 2.40. The van der Waals surface area contributed by atoms with Crippen molar-refractivity contribution in [2.75, 3.05) is 18.0 Å². The largest absolute Gasteiger partial charge is 0.358 e. The Morgan fingerprint density at radius 1 is 1.07 bits per heavy atom. The summed E-state index contributed by atoms with van der Waals surface area (Å²) in [7, 11) is 0. The second kappa shape index (κ2) is 7.14. The molecular formula is C27H32N2O. The molecule has 0 unspecified atom stereocenters. The maximum atomic E-state index is 12.6. The second-order valence-electron chi connectivity index (χ2n) is 10.1. The molecule has 3 heteroatoms. The summed E-state index contributed by atoms with van der Waals surface area (Å²) in [4.78, 5) is 18.3. The summed E-state index contributed by atoms with van der Waals surface area (Å²) < 4.78 is 0. The minimum Gasteiger partial charge on any atom is -0.358 e. The number of H-pyrrole nitrogens is 1. The van der Waals surface area contributed by atoms with Gasteiger partial charge in [-0.2, -0.15) is 0 Å². The summed E-state index contributed by atoms with van der Waals surface area (Å²) in [6, 6.07) is 11.5. The summed E-state index contributed by atoms with van der Waals surface area (Å²) in [5.74, 6) is 1.98. The van der Waals surface area contributed by atoms with E-state index in [1.165, 1.54) is 43.2 Å². The number of aromatic amines is 1. The van der Waals surface area contributed by atoms with E-state index in [9.17, 15) is 4.79 Å². The Labute approximate surface area is 179 Å². The van der Waals surface area contributed by atoms with Crippen LogP contribution in [0.15, 0.2) is 41.2 Å². The number of pyridine rings is 1. The van der Waals surface area contributed by atoms with Crippen molar-refractivity contribution >= 4 is 11.4 Å². The first-order chi connectivity index (χ1) is 14.7. The zero-order valence-electron chi connectivity index (χ0n) is 17.9. The van der Waals surface area contributed by atoms with Crippen molar-refractivity contribution in [3.63, 3.8) is 0 Å². The number of hydrogen-bond acceptors (Lipinski definition) is 2. The zero-order chi connectivity index (χ0) is 20.1. The SMILES string of the molecule is O=c1[nH]c(N2CCC3(CC=C(CC4CC4)c4ccccc43)CC2)cc2c1CCCC2. The van der Waals surface area contributed by atoms with E-state index in [-0.39, 0.29) is 11.0 Å². The highest BCUT2D eigenvalue weighted by molar-refractivity contribution is 5.72. The minimum absolute atomic E-state index is 0.151. The Bertz CT molecular complexity index is 1050. The standard InChI is InChI=1S/C27H32N2O/c30-26-23-7-2-1-5-20(23)18-25(28-26)29-15-13-27(14-16-29)12-11-21(17-19-9-10-19)22-6-3-4-8-24(22)27/h3-4,6,8,11,18-19H,1-2,5,7,9-10,12-17H2,(H,28,30). The van der Waals surface area contributed by atoms with E-state index in [0.29, 0.717) is 0 Å². The molecule has 2 aromatic rings. The Kier molecular flexibility index (Phi) is 4.40. The molecule has 0 bridgehead atoms. The van der Waals surface area contributed by atoms with Crippen LogP contribution in [0.1, 0.15) is 73.6 Å². The van der Waals surface area contributed by atoms with Crippen LogP contribution in [-0.2, 0) is 18.3 Å². The lowest BCUT2D eigenvalue weighted by atomic mass is 9.65. The molecule has 1 N–H and O–H groups in total. The fourth-order valence-electron chi connectivity index (χ4n) is 6.15. The predicted molar refractivity (Wildman–Crippen MR) is 123 cm³/mol. The Balaban J connectivity index is 1.25. The van der Waals surface area contributed by atoms with Crippen molar-refractivity contribution in [3.05, 3.63) is 69.0 Å². The smallest absolute Gasteiger partial charge is 0.252 e. The molecule has 3 aliphatic carbocycles. The van der Waals surface area contributed by atoms with Crippen LogP contribution in [0.3, 0.4) is 0 Å². The normalized spacial score (nSPS) is 22.4. The van der Waals surface area contributed by atoms with Gasteiger partial charge in [0.1, 0.15) is 5.82 Å². The van der Waals surface area contributed by atoms with E-state index < -0.39 is 0 Å². The summed E-state index contributed by atoms with van der Waals surface area (Å²) in [5, 5.41) is 0. The Morgan fingerprint density at radius 2 is 1.87 bits per heavy atom. The van der Waals surface area contributed by atoms with Crippen LogP contribution in [0, 0.1) is 5.92 Å². The third kappa shape index (κ3) is 3.14. The van der Waals surface area contributed by atoms with Gasteiger partial charge in [0.05, 0.1) is 0 Å². The number of anilines is 1. The van der Waals surface area contributed by atoms with E-state index in [0.717, 1.165) is 62.5 Å². The van der Waals surface area contributed by atoms with Gasteiger partial charge in [-0.25, -0.2) is 0 Å². The maximum absolute atomic E-state index is 12.6. The number of hydrogen-bond donors (Lipinski definition) is 1. The van der Waals surface area contributed by atoms with Gasteiger partial charge in [-0.15, -0.1) is 0 Å². The lowest BCUT2D eigenvalue weighted by molar-refractivity contribution is 0.329. The summed E-state index contributed by atoms with van der Waals surface area (Å²) in [6.07, 6.45) is 14.5. The van der Waals surface area contributed by atoms with Crippen LogP contribution < -0.4 is 10.5 Å². The average molecular weight is 401 g/mol. The van der Waals surface area contributed by atoms with Crippen LogP contribution in [0.2, 0.25) is 0 Å². The number of fused-ring (bicyclic) bond motifs is 3. The lowest BCUT2D eigenvalue weighted by Crippen LogP contribution is -2.44. The molecule has 1 aromatic carbocycles. The Morgan fingerprint density at radius 3 is 2.70 bits per heavy atom. The van der Waals surface area contributed by atoms with Crippen LogP contribution >= 0.6 is 0 Å². The molecule has 30 heavy (non-hydrogen) atoms. The van der Waals surface area contributed by atoms with Crippen LogP contribution in [0.25, 0.3) is 5.57 Å². The average Bonchev–Trinajstić information content (AvgIpc) is 3.61. The summed E-state index contributed by atoms with van der Waals surface area (Å²) >= 11 is 0. The fourth-order valence-corrected chi connectivity index (χ4v) is 6.15. The molecule has 0 amide bonds. The van der Waals surface area contributed by atoms with Gasteiger partial charge in [-0.05, 0) is 98.5 Å². The van der Waals surface area contributed by atoms with Crippen LogP contribution in [-0.4, -0.2) is 18.1 Å². The van der Waals surface area contributed by atoms with Crippen molar-refractivity contribution in [2.45, 2.75) is 69.6 Å². The van der Waals surface area contributed by atoms with Crippen molar-refractivity contribution in [1.82, 2.24) is 4.98 Å². The monoisotopic (exact) mass is 400 g/mol. The quantitative estimate of drug-likeness (QED) is 0.751. The number of rotatable bonds is 3. The number of nitrogens with one attached hydrogen (secondary N) is 1. The molecule has 2 heterocycles. The molecule has 2 fully saturated rings. The molecule has 0 atom stereocenters. The molecule has 1 spiro atoms. The molecule has 0 radical (unpaired) electrons. The first-order valence-corrected chi connectivity index (χ1v) is 12.0. The van der Waals surface area contributed by atoms with Gasteiger partial charge >= 0.3 is 0 Å². The number of aromatic nitrogens is 1. The molecule has 156 valence electrons. The zero-order valence-corrected chi connectivity index (χ0v) is 17.9. The van der Waals surface area contributed by atoms with Crippen molar-refractivity contribution in [1.29, 1.82) is 0 Å².